The maximum Gasteiger partial charge on any atom is 0.251 e. The molecule has 1 heterocycles. The van der Waals surface area contributed by atoms with Crippen molar-refractivity contribution in [2.75, 3.05) is 19.6 Å². The smallest absolute Gasteiger partial charge is 0.251 e. The van der Waals surface area contributed by atoms with E-state index in [4.69, 9.17) is 12.6 Å². The number of carbonyl (C=O) groups excluding carboxylic acids is 1. The Morgan fingerprint density at radius 2 is 1.91 bits per heavy atom. The maximum atomic E-state index is 12.3. The van der Waals surface area contributed by atoms with Crippen LogP contribution in [0.4, 0.5) is 0 Å². The summed E-state index contributed by atoms with van der Waals surface area (Å²) in [6.07, 6.45) is 6.10. The van der Waals surface area contributed by atoms with Crippen LogP contribution in [-0.4, -0.2) is 41.7 Å². The summed E-state index contributed by atoms with van der Waals surface area (Å²) in [5.41, 5.74) is 0.730. The molecule has 1 saturated carbocycles. The molecule has 2 fully saturated rings. The molecule has 1 N–H and O–H groups in total. The van der Waals surface area contributed by atoms with Crippen molar-refractivity contribution in [2.24, 2.45) is 5.92 Å². The molecule has 0 bridgehead atoms. The number of halogens is 1. The van der Waals surface area contributed by atoms with Crippen molar-refractivity contribution < 1.29 is 4.79 Å². The third kappa shape index (κ3) is 4.52. The fourth-order valence-corrected chi connectivity index (χ4v) is 4.50. The van der Waals surface area contributed by atoms with Gasteiger partial charge in [0.05, 0.1) is 0 Å². The van der Waals surface area contributed by atoms with Gasteiger partial charge in [0.1, 0.15) is 0 Å². The van der Waals surface area contributed by atoms with Crippen LogP contribution in [0, 0.1) is 5.92 Å². The van der Waals surface area contributed by atoms with Gasteiger partial charge in [0.15, 0.2) is 0 Å². The Bertz CT molecular complexity index is 530. The minimum absolute atomic E-state index is 0.0330. The largest absolute Gasteiger partial charge is 0.352 e. The number of nitrogens with one attached hydrogen (secondary N) is 1. The van der Waals surface area contributed by atoms with Crippen LogP contribution in [-0.2, 0) is 0 Å². The topological polar surface area (TPSA) is 32.3 Å². The third-order valence-electron chi connectivity index (χ3n) is 5.17. The molecule has 0 aromatic heterocycles. The third-order valence-corrected chi connectivity index (χ3v) is 6.17. The lowest BCUT2D eigenvalue weighted by Crippen LogP contribution is -2.47. The predicted octanol–water partition coefficient (Wildman–Crippen LogP) is 3.74. The molecule has 0 spiro atoms. The second-order valence-electron chi connectivity index (χ2n) is 6.75. The number of hydrogen-bond donors (Lipinski definition) is 2. The number of nitrogens with zero attached hydrogens (tertiary/aromatic N) is 1. The van der Waals surface area contributed by atoms with Gasteiger partial charge < -0.3 is 10.2 Å². The van der Waals surface area contributed by atoms with Crippen LogP contribution in [0.3, 0.4) is 0 Å². The summed E-state index contributed by atoms with van der Waals surface area (Å²) in [6, 6.07) is 8.13. The average molecular weight is 397 g/mol. The van der Waals surface area contributed by atoms with Gasteiger partial charge in [-0.2, -0.15) is 12.6 Å². The summed E-state index contributed by atoms with van der Waals surface area (Å²) >= 11 is 8.11. The van der Waals surface area contributed by atoms with Crippen LogP contribution in [0.2, 0.25) is 0 Å². The molecule has 3 atom stereocenters. The quantitative estimate of drug-likeness (QED) is 0.759. The highest BCUT2D eigenvalue weighted by molar-refractivity contribution is 9.10. The van der Waals surface area contributed by atoms with E-state index in [-0.39, 0.29) is 5.91 Å². The molecule has 1 amide bonds. The van der Waals surface area contributed by atoms with E-state index in [0.29, 0.717) is 17.2 Å². The average Bonchev–Trinajstić information content (AvgIpc) is 3.08. The fourth-order valence-electron chi connectivity index (χ4n) is 3.87. The monoisotopic (exact) mass is 396 g/mol. The lowest BCUT2D eigenvalue weighted by atomic mass is 9.83. The first-order valence-corrected chi connectivity index (χ1v) is 9.90. The Labute approximate surface area is 152 Å². The van der Waals surface area contributed by atoms with Crippen molar-refractivity contribution in [3.63, 3.8) is 0 Å². The van der Waals surface area contributed by atoms with Crippen LogP contribution >= 0.6 is 28.6 Å². The fraction of sp³-hybridized carbons (Fsp3) is 0.611. The summed E-state index contributed by atoms with van der Waals surface area (Å²) in [6.45, 7) is 3.20. The Morgan fingerprint density at radius 3 is 2.61 bits per heavy atom. The molecule has 1 aliphatic carbocycles. The molecule has 1 aromatic carbocycles. The van der Waals surface area contributed by atoms with Crippen LogP contribution < -0.4 is 5.32 Å². The van der Waals surface area contributed by atoms with Crippen molar-refractivity contribution in [3.05, 3.63) is 34.3 Å². The van der Waals surface area contributed by atoms with Crippen molar-refractivity contribution in [2.45, 2.75) is 43.4 Å². The number of benzene rings is 1. The highest BCUT2D eigenvalue weighted by atomic mass is 79.9. The van der Waals surface area contributed by atoms with Gasteiger partial charge in [-0.1, -0.05) is 15.9 Å². The second-order valence-corrected chi connectivity index (χ2v) is 8.40. The molecule has 5 heteroatoms. The summed E-state index contributed by atoms with van der Waals surface area (Å²) in [5.74, 6) is 0.585. The molecular weight excluding hydrogens is 372 g/mol. The van der Waals surface area contributed by atoms with Gasteiger partial charge in [0, 0.05) is 27.9 Å². The molecule has 1 aromatic rings. The van der Waals surface area contributed by atoms with E-state index in [1.807, 2.05) is 24.3 Å². The van der Waals surface area contributed by atoms with Crippen molar-refractivity contribution in [1.29, 1.82) is 0 Å². The maximum absolute atomic E-state index is 12.3. The van der Waals surface area contributed by atoms with Crippen molar-refractivity contribution in [3.8, 4) is 0 Å². The van der Waals surface area contributed by atoms with E-state index in [1.54, 1.807) is 0 Å². The lowest BCUT2D eigenvalue weighted by molar-refractivity contribution is 0.0907. The number of carbonyl (C=O) groups is 1. The molecule has 1 aliphatic heterocycles. The molecule has 3 unspecified atom stereocenters. The predicted molar refractivity (Wildman–Crippen MR) is 101 cm³/mol. The summed E-state index contributed by atoms with van der Waals surface area (Å²) in [7, 11) is 0. The van der Waals surface area contributed by atoms with Crippen LogP contribution in [0.15, 0.2) is 28.7 Å². The summed E-state index contributed by atoms with van der Waals surface area (Å²) < 4.78 is 0.996. The van der Waals surface area contributed by atoms with Gasteiger partial charge in [0.25, 0.3) is 5.91 Å². The van der Waals surface area contributed by atoms with E-state index < -0.39 is 0 Å². The number of likely N-dealkylation sites (tertiary alicyclic amines) is 1. The van der Waals surface area contributed by atoms with Gasteiger partial charge in [-0.3, -0.25) is 4.79 Å². The van der Waals surface area contributed by atoms with Gasteiger partial charge in [-0.25, -0.2) is 0 Å². The molecule has 1 saturated heterocycles. The Kier molecular flexibility index (Phi) is 6.05. The molecular formula is C18H25BrN2OS. The molecule has 2 aliphatic rings. The highest BCUT2D eigenvalue weighted by Crippen LogP contribution is 2.32. The second kappa shape index (κ2) is 8.04. The van der Waals surface area contributed by atoms with Crippen LogP contribution in [0.5, 0.6) is 0 Å². The van der Waals surface area contributed by atoms with E-state index in [0.717, 1.165) is 35.8 Å². The van der Waals surface area contributed by atoms with Crippen molar-refractivity contribution >= 4 is 34.5 Å². The zero-order valence-electron chi connectivity index (χ0n) is 13.4. The first-order chi connectivity index (χ1) is 11.1. The molecule has 23 heavy (non-hydrogen) atoms. The Hall–Kier alpha value is -0.520. The van der Waals surface area contributed by atoms with Gasteiger partial charge in [-0.05, 0) is 75.4 Å². The SMILES string of the molecule is O=C(NCC1CCC(S)CC1N1CCCC1)c1ccc(Br)cc1. The number of thiol groups is 1. The standard InChI is InChI=1S/C18H25BrN2OS/c19-15-6-3-13(4-7-15)18(22)20-12-14-5-8-16(23)11-17(14)21-9-1-2-10-21/h3-4,6-7,14,16-17,23H,1-2,5,8-12H2,(H,20,22). The van der Waals surface area contributed by atoms with Gasteiger partial charge in [0.2, 0.25) is 0 Å². The van der Waals surface area contributed by atoms with Crippen LogP contribution in [0.1, 0.15) is 42.5 Å². The normalized spacial score (nSPS) is 28.7. The summed E-state index contributed by atoms with van der Waals surface area (Å²) in [5, 5.41) is 3.66. The number of rotatable bonds is 4. The zero-order valence-corrected chi connectivity index (χ0v) is 15.9. The summed E-state index contributed by atoms with van der Waals surface area (Å²) in [4.78, 5) is 15.0. The Morgan fingerprint density at radius 1 is 1.22 bits per heavy atom. The molecule has 3 nitrogen and oxygen atoms in total. The van der Waals surface area contributed by atoms with Gasteiger partial charge >= 0.3 is 0 Å². The number of amides is 1. The first-order valence-electron chi connectivity index (χ1n) is 8.59. The van der Waals surface area contributed by atoms with E-state index in [9.17, 15) is 4.79 Å². The Balaban J connectivity index is 1.58. The molecule has 0 radical (unpaired) electrons. The lowest BCUT2D eigenvalue weighted by Gasteiger charge is -2.40. The van der Waals surface area contributed by atoms with E-state index >= 15 is 0 Å². The van der Waals surface area contributed by atoms with Gasteiger partial charge in [-0.15, -0.1) is 0 Å². The zero-order chi connectivity index (χ0) is 16.2. The van der Waals surface area contributed by atoms with E-state index in [2.05, 4.69) is 26.1 Å². The molecule has 126 valence electrons. The minimum atomic E-state index is 0.0330. The molecule has 3 rings (SSSR count). The van der Waals surface area contributed by atoms with E-state index in [1.165, 1.54) is 25.9 Å². The minimum Gasteiger partial charge on any atom is -0.352 e. The first kappa shape index (κ1) is 17.3. The van der Waals surface area contributed by atoms with Crippen LogP contribution in [0.25, 0.3) is 0 Å². The number of hydrogen-bond acceptors (Lipinski definition) is 3. The highest BCUT2D eigenvalue weighted by Gasteiger charge is 2.34. The van der Waals surface area contributed by atoms with Crippen molar-refractivity contribution in [1.82, 2.24) is 10.2 Å².